The van der Waals surface area contributed by atoms with Crippen molar-refractivity contribution in [2.75, 3.05) is 18.5 Å². The third-order valence-corrected chi connectivity index (χ3v) is 5.20. The van der Waals surface area contributed by atoms with Gasteiger partial charge in [0, 0.05) is 4.88 Å². The number of para-hydroxylation sites is 1. The Balaban J connectivity index is 1.78. The van der Waals surface area contributed by atoms with Crippen LogP contribution in [0.25, 0.3) is 10.4 Å². The molecule has 154 valence electrons. The minimum Gasteiger partial charge on any atom is -0.483 e. The van der Waals surface area contributed by atoms with Gasteiger partial charge in [-0.3, -0.25) is 9.59 Å². The second-order valence-electron chi connectivity index (χ2n) is 6.14. The van der Waals surface area contributed by atoms with Crippen LogP contribution in [0.15, 0.2) is 60.7 Å². The van der Waals surface area contributed by atoms with Crippen molar-refractivity contribution in [2.24, 2.45) is 5.73 Å². The van der Waals surface area contributed by atoms with Gasteiger partial charge in [0.25, 0.3) is 11.8 Å². The fraction of sp³-hybridized carbons (Fsp3) is 0.136. The number of rotatable bonds is 8. The van der Waals surface area contributed by atoms with E-state index in [2.05, 4.69) is 5.32 Å². The summed E-state index contributed by atoms with van der Waals surface area (Å²) in [7, 11) is 0. The molecule has 0 aliphatic rings. The Bertz CT molecular complexity index is 1060. The van der Waals surface area contributed by atoms with Gasteiger partial charge in [-0.15, -0.1) is 11.3 Å². The normalized spacial score (nSPS) is 10.3. The molecule has 30 heavy (non-hydrogen) atoms. The highest BCUT2D eigenvalue weighted by atomic mass is 32.1. The summed E-state index contributed by atoms with van der Waals surface area (Å²) in [5.41, 5.74) is 6.75. The van der Waals surface area contributed by atoms with Crippen molar-refractivity contribution < 1.29 is 23.9 Å². The highest BCUT2D eigenvalue weighted by Crippen LogP contribution is 2.35. The molecule has 0 spiro atoms. The highest BCUT2D eigenvalue weighted by molar-refractivity contribution is 7.18. The van der Waals surface area contributed by atoms with E-state index >= 15 is 0 Å². The molecule has 0 bridgehead atoms. The topological polar surface area (TPSA) is 108 Å². The van der Waals surface area contributed by atoms with Gasteiger partial charge in [0.1, 0.15) is 10.6 Å². The predicted molar refractivity (Wildman–Crippen MR) is 115 cm³/mol. The Morgan fingerprint density at radius 2 is 1.73 bits per heavy atom. The van der Waals surface area contributed by atoms with Crippen LogP contribution in [-0.2, 0) is 9.53 Å². The first-order valence-electron chi connectivity index (χ1n) is 9.17. The number of carbonyl (C=O) groups excluding carboxylic acids is 3. The number of benzene rings is 2. The number of carbonyl (C=O) groups is 3. The number of primary amides is 1. The molecule has 1 heterocycles. The van der Waals surface area contributed by atoms with Gasteiger partial charge in [0.2, 0.25) is 0 Å². The van der Waals surface area contributed by atoms with Crippen LogP contribution in [0.1, 0.15) is 27.0 Å². The van der Waals surface area contributed by atoms with Gasteiger partial charge in [-0.05, 0) is 30.7 Å². The molecule has 0 saturated heterocycles. The van der Waals surface area contributed by atoms with Crippen molar-refractivity contribution >= 4 is 34.8 Å². The molecule has 0 radical (unpaired) electrons. The Kier molecular flexibility index (Phi) is 6.82. The molecule has 2 aromatic carbocycles. The highest BCUT2D eigenvalue weighted by Gasteiger charge is 2.20. The molecule has 3 rings (SSSR count). The van der Waals surface area contributed by atoms with E-state index < -0.39 is 17.8 Å². The van der Waals surface area contributed by atoms with E-state index in [0.717, 1.165) is 10.4 Å². The molecule has 0 fully saturated rings. The monoisotopic (exact) mass is 424 g/mol. The number of nitrogens with one attached hydrogen (secondary N) is 1. The molecule has 0 aliphatic heterocycles. The van der Waals surface area contributed by atoms with Crippen LogP contribution in [0.3, 0.4) is 0 Å². The summed E-state index contributed by atoms with van der Waals surface area (Å²) in [5.74, 6) is -1.45. The number of ether oxygens (including phenoxy) is 2. The zero-order valence-electron chi connectivity index (χ0n) is 16.2. The van der Waals surface area contributed by atoms with Crippen molar-refractivity contribution in [1.82, 2.24) is 0 Å². The van der Waals surface area contributed by atoms with Crippen LogP contribution in [-0.4, -0.2) is 31.0 Å². The molecule has 3 N–H and O–H groups in total. The summed E-state index contributed by atoms with van der Waals surface area (Å²) >= 11 is 1.23. The summed E-state index contributed by atoms with van der Waals surface area (Å²) in [4.78, 5) is 37.4. The number of amides is 2. The number of hydrogen-bond donors (Lipinski definition) is 2. The molecule has 7 nitrogen and oxygen atoms in total. The summed E-state index contributed by atoms with van der Waals surface area (Å²) in [6, 6.07) is 17.6. The standard InChI is InChI=1S/C22H20N2O5S/c1-2-28-22(27)20-16(12-18(30-20)14-8-4-3-5-9-14)24-19(25)13-29-17-11-7-6-10-15(17)21(23)26/h3-12H,2,13H2,1H3,(H2,23,26)(H,24,25). The summed E-state index contributed by atoms with van der Waals surface area (Å²) in [6.07, 6.45) is 0. The molecule has 3 aromatic rings. The number of hydrogen-bond acceptors (Lipinski definition) is 6. The van der Waals surface area contributed by atoms with Crippen LogP contribution in [0.4, 0.5) is 5.69 Å². The maximum Gasteiger partial charge on any atom is 0.350 e. The number of anilines is 1. The molecule has 0 aliphatic carbocycles. The molecule has 0 saturated carbocycles. The van der Waals surface area contributed by atoms with E-state index in [9.17, 15) is 14.4 Å². The first-order chi connectivity index (χ1) is 14.5. The average Bonchev–Trinajstić information content (AvgIpc) is 3.17. The Hall–Kier alpha value is -3.65. The summed E-state index contributed by atoms with van der Waals surface area (Å²) in [5, 5.41) is 2.69. The third kappa shape index (κ3) is 5.03. The molecule has 8 heteroatoms. The number of thiophene rings is 1. The second-order valence-corrected chi connectivity index (χ2v) is 7.19. The maximum absolute atomic E-state index is 12.4. The largest absolute Gasteiger partial charge is 0.483 e. The summed E-state index contributed by atoms with van der Waals surface area (Å²) in [6.45, 7) is 1.58. The second kappa shape index (κ2) is 9.71. The first-order valence-corrected chi connectivity index (χ1v) is 9.99. The number of esters is 1. The molecule has 0 atom stereocenters. The van der Waals surface area contributed by atoms with Gasteiger partial charge < -0.3 is 20.5 Å². The first kappa shape index (κ1) is 21.1. The van der Waals surface area contributed by atoms with Gasteiger partial charge in [0.05, 0.1) is 17.9 Å². The average molecular weight is 424 g/mol. The molecule has 0 unspecified atom stereocenters. The van der Waals surface area contributed by atoms with Crippen LogP contribution in [0.2, 0.25) is 0 Å². The molecular weight excluding hydrogens is 404 g/mol. The fourth-order valence-corrected chi connectivity index (χ4v) is 3.72. The van der Waals surface area contributed by atoms with E-state index in [1.807, 2.05) is 30.3 Å². The SMILES string of the molecule is CCOC(=O)c1sc(-c2ccccc2)cc1NC(=O)COc1ccccc1C(N)=O. The van der Waals surface area contributed by atoms with Gasteiger partial charge in [-0.2, -0.15) is 0 Å². The van der Waals surface area contributed by atoms with E-state index in [1.54, 1.807) is 31.2 Å². The lowest BCUT2D eigenvalue weighted by molar-refractivity contribution is -0.118. The zero-order valence-corrected chi connectivity index (χ0v) is 17.0. The van der Waals surface area contributed by atoms with Crippen LogP contribution in [0.5, 0.6) is 5.75 Å². The van der Waals surface area contributed by atoms with Crippen LogP contribution >= 0.6 is 11.3 Å². The lowest BCUT2D eigenvalue weighted by Crippen LogP contribution is -2.22. The Labute approximate surface area is 177 Å². The van der Waals surface area contributed by atoms with E-state index in [4.69, 9.17) is 15.2 Å². The molecular formula is C22H20N2O5S. The third-order valence-electron chi connectivity index (χ3n) is 4.04. The van der Waals surface area contributed by atoms with E-state index in [1.165, 1.54) is 17.4 Å². The van der Waals surface area contributed by atoms with Gasteiger partial charge in [-0.1, -0.05) is 42.5 Å². The molecule has 1 aromatic heterocycles. The molecule has 2 amide bonds. The van der Waals surface area contributed by atoms with Crippen molar-refractivity contribution in [3.8, 4) is 16.2 Å². The van der Waals surface area contributed by atoms with Crippen molar-refractivity contribution in [3.05, 3.63) is 71.1 Å². The smallest absolute Gasteiger partial charge is 0.350 e. The minimum absolute atomic E-state index is 0.180. The fourth-order valence-electron chi connectivity index (χ4n) is 2.70. The van der Waals surface area contributed by atoms with Crippen LogP contribution in [0, 0.1) is 0 Å². The van der Waals surface area contributed by atoms with Crippen molar-refractivity contribution in [1.29, 1.82) is 0 Å². The van der Waals surface area contributed by atoms with Gasteiger partial charge in [0.15, 0.2) is 6.61 Å². The van der Waals surface area contributed by atoms with Crippen LogP contribution < -0.4 is 15.8 Å². The minimum atomic E-state index is -0.652. The summed E-state index contributed by atoms with van der Waals surface area (Å²) < 4.78 is 10.6. The lowest BCUT2D eigenvalue weighted by Gasteiger charge is -2.10. The quantitative estimate of drug-likeness (QED) is 0.536. The Morgan fingerprint density at radius 1 is 1.03 bits per heavy atom. The zero-order chi connectivity index (χ0) is 21.5. The lowest BCUT2D eigenvalue weighted by atomic mass is 10.2. The van der Waals surface area contributed by atoms with Gasteiger partial charge >= 0.3 is 5.97 Å². The maximum atomic E-state index is 12.4. The van der Waals surface area contributed by atoms with E-state index in [0.29, 0.717) is 10.6 Å². The van der Waals surface area contributed by atoms with Gasteiger partial charge in [-0.25, -0.2) is 4.79 Å². The number of nitrogens with two attached hydrogens (primary N) is 1. The predicted octanol–water partition coefficient (Wildman–Crippen LogP) is 3.71. The van der Waals surface area contributed by atoms with Crippen molar-refractivity contribution in [3.63, 3.8) is 0 Å². The van der Waals surface area contributed by atoms with Crippen molar-refractivity contribution in [2.45, 2.75) is 6.92 Å². The van der Waals surface area contributed by atoms with E-state index in [-0.39, 0.29) is 24.5 Å². The Morgan fingerprint density at radius 3 is 2.43 bits per heavy atom.